The lowest BCUT2D eigenvalue weighted by Gasteiger charge is -2.29. The van der Waals surface area contributed by atoms with E-state index in [1.807, 2.05) is 6.92 Å². The van der Waals surface area contributed by atoms with Crippen LogP contribution in [0.4, 0.5) is 4.79 Å². The number of urea groups is 1. The number of sulfonamides is 1. The van der Waals surface area contributed by atoms with Crippen LogP contribution in [0.3, 0.4) is 0 Å². The van der Waals surface area contributed by atoms with Crippen LogP contribution in [0.5, 0.6) is 5.75 Å². The molecule has 3 amide bonds. The summed E-state index contributed by atoms with van der Waals surface area (Å²) in [7, 11) is -2.62. The Balaban J connectivity index is 1.78. The van der Waals surface area contributed by atoms with Crippen molar-refractivity contribution in [3.63, 3.8) is 0 Å². The Kier molecular flexibility index (Phi) is 7.40. The Bertz CT molecular complexity index is 995. The molecular formula is C21H29N3O7S. The number of methoxy groups -OCH3 is 1. The van der Waals surface area contributed by atoms with E-state index in [2.05, 4.69) is 10.0 Å². The molecule has 2 N–H and O–H groups in total. The van der Waals surface area contributed by atoms with E-state index in [1.165, 1.54) is 32.2 Å². The summed E-state index contributed by atoms with van der Waals surface area (Å²) in [6, 6.07) is 3.17. The van der Waals surface area contributed by atoms with Crippen molar-refractivity contribution >= 4 is 27.9 Å². The fraction of sp³-hybridized carbons (Fsp3) is 0.571. The Hall–Kier alpha value is -2.66. The number of hydrogen-bond acceptors (Lipinski definition) is 7. The maximum absolute atomic E-state index is 13.1. The highest BCUT2D eigenvalue weighted by Gasteiger charge is 2.33. The lowest BCUT2D eigenvalue weighted by molar-refractivity contribution is -0.136. The second kappa shape index (κ2) is 9.86. The fourth-order valence-corrected chi connectivity index (χ4v) is 5.52. The zero-order valence-corrected chi connectivity index (χ0v) is 19.2. The van der Waals surface area contributed by atoms with Crippen LogP contribution in [0.1, 0.15) is 49.9 Å². The predicted octanol–water partition coefficient (Wildman–Crippen LogP) is 1.65. The van der Waals surface area contributed by atoms with Gasteiger partial charge in [0.15, 0.2) is 6.10 Å². The summed E-state index contributed by atoms with van der Waals surface area (Å²) in [5.41, 5.74) is -0.0478. The number of carbonyl (C=O) groups is 3. The van der Waals surface area contributed by atoms with E-state index in [4.69, 9.17) is 9.47 Å². The predicted molar refractivity (Wildman–Crippen MR) is 115 cm³/mol. The van der Waals surface area contributed by atoms with Crippen molar-refractivity contribution < 1.29 is 32.3 Å². The fourth-order valence-electron chi connectivity index (χ4n) is 3.95. The van der Waals surface area contributed by atoms with Crippen molar-refractivity contribution in [2.45, 2.75) is 56.6 Å². The summed E-state index contributed by atoms with van der Waals surface area (Å²) in [6.07, 6.45) is 2.49. The molecule has 2 aliphatic rings. The van der Waals surface area contributed by atoms with Gasteiger partial charge in [-0.15, -0.1) is 0 Å². The molecule has 0 spiro atoms. The van der Waals surface area contributed by atoms with Crippen LogP contribution >= 0.6 is 0 Å². The van der Waals surface area contributed by atoms with Gasteiger partial charge in [0.1, 0.15) is 10.6 Å². The van der Waals surface area contributed by atoms with Gasteiger partial charge in [-0.05, 0) is 43.9 Å². The first kappa shape index (κ1) is 24.0. The number of nitrogens with zero attached hydrogens (tertiary/aromatic N) is 1. The van der Waals surface area contributed by atoms with Crippen molar-refractivity contribution in [2.75, 3.05) is 20.2 Å². The van der Waals surface area contributed by atoms with E-state index in [9.17, 15) is 22.8 Å². The minimum Gasteiger partial charge on any atom is -0.495 e. The lowest BCUT2D eigenvalue weighted by Crippen LogP contribution is -2.42. The van der Waals surface area contributed by atoms with Crippen LogP contribution in [0.25, 0.3) is 0 Å². The number of esters is 1. The molecule has 2 fully saturated rings. The zero-order chi connectivity index (χ0) is 23.5. The minimum atomic E-state index is -3.97. The first-order chi connectivity index (χ1) is 15.1. The van der Waals surface area contributed by atoms with Gasteiger partial charge in [-0.25, -0.2) is 22.7 Å². The molecule has 0 aromatic heterocycles. The Morgan fingerprint density at radius 2 is 1.97 bits per heavy atom. The molecule has 10 nitrogen and oxygen atoms in total. The van der Waals surface area contributed by atoms with Crippen molar-refractivity contribution in [3.05, 3.63) is 23.8 Å². The molecule has 1 aromatic carbocycles. The minimum absolute atomic E-state index is 0.0478. The molecule has 32 heavy (non-hydrogen) atoms. The third kappa shape index (κ3) is 5.21. The summed E-state index contributed by atoms with van der Waals surface area (Å²) in [6.45, 7) is 3.89. The summed E-state index contributed by atoms with van der Waals surface area (Å²) < 4.78 is 39.3. The topological polar surface area (TPSA) is 131 Å². The molecule has 1 saturated carbocycles. The van der Waals surface area contributed by atoms with Crippen LogP contribution in [0.15, 0.2) is 23.1 Å². The molecule has 1 aromatic rings. The molecule has 1 heterocycles. The van der Waals surface area contributed by atoms with Gasteiger partial charge in [-0.1, -0.05) is 19.8 Å². The SMILES string of the molecule is COc1ccc(C(=O)O[C@H](C)C(=O)N2CCNC2=O)cc1S(=O)(=O)N[C@@H]1CCCC[C@@H]1C. The second-order valence-electron chi connectivity index (χ2n) is 8.12. The molecule has 176 valence electrons. The van der Waals surface area contributed by atoms with Gasteiger partial charge in [0.25, 0.3) is 5.91 Å². The van der Waals surface area contributed by atoms with E-state index >= 15 is 0 Å². The maximum atomic E-state index is 13.1. The smallest absolute Gasteiger partial charge is 0.338 e. The van der Waals surface area contributed by atoms with Crippen molar-refractivity contribution in [2.24, 2.45) is 5.92 Å². The van der Waals surface area contributed by atoms with Crippen LogP contribution < -0.4 is 14.8 Å². The highest BCUT2D eigenvalue weighted by atomic mass is 32.2. The first-order valence-corrected chi connectivity index (χ1v) is 12.1. The van der Waals surface area contributed by atoms with E-state index in [-0.39, 0.29) is 34.7 Å². The number of ether oxygens (including phenoxy) is 2. The second-order valence-corrected chi connectivity index (χ2v) is 9.81. The van der Waals surface area contributed by atoms with Gasteiger partial charge in [-0.2, -0.15) is 0 Å². The van der Waals surface area contributed by atoms with Gasteiger partial charge in [-0.3, -0.25) is 9.69 Å². The van der Waals surface area contributed by atoms with Gasteiger partial charge < -0.3 is 14.8 Å². The number of carbonyl (C=O) groups excluding carboxylic acids is 3. The lowest BCUT2D eigenvalue weighted by atomic mass is 9.87. The van der Waals surface area contributed by atoms with E-state index < -0.39 is 34.0 Å². The molecule has 3 atom stereocenters. The quantitative estimate of drug-likeness (QED) is 0.583. The average Bonchev–Trinajstić information content (AvgIpc) is 3.19. The summed E-state index contributed by atoms with van der Waals surface area (Å²) >= 11 is 0. The molecule has 0 unspecified atom stereocenters. The van der Waals surface area contributed by atoms with Gasteiger partial charge in [0.2, 0.25) is 10.0 Å². The zero-order valence-electron chi connectivity index (χ0n) is 18.4. The molecule has 1 aliphatic carbocycles. The largest absolute Gasteiger partial charge is 0.495 e. The molecule has 1 aliphatic heterocycles. The molecule has 3 rings (SSSR count). The van der Waals surface area contributed by atoms with Crippen LogP contribution in [-0.2, 0) is 19.6 Å². The van der Waals surface area contributed by atoms with Crippen LogP contribution in [0.2, 0.25) is 0 Å². The third-order valence-corrected chi connectivity index (χ3v) is 7.37. The number of rotatable bonds is 7. The Labute approximate surface area is 187 Å². The first-order valence-electron chi connectivity index (χ1n) is 10.6. The number of benzene rings is 1. The van der Waals surface area contributed by atoms with E-state index in [0.717, 1.165) is 30.6 Å². The molecule has 0 bridgehead atoms. The van der Waals surface area contributed by atoms with Crippen molar-refractivity contribution in [3.8, 4) is 5.75 Å². The molecule has 11 heteroatoms. The van der Waals surface area contributed by atoms with Crippen molar-refractivity contribution in [1.29, 1.82) is 0 Å². The molecule has 1 saturated heterocycles. The normalized spacial score (nSPS) is 22.2. The van der Waals surface area contributed by atoms with Crippen LogP contribution in [0, 0.1) is 5.92 Å². The third-order valence-electron chi connectivity index (χ3n) is 5.86. The van der Waals surface area contributed by atoms with Gasteiger partial charge >= 0.3 is 12.0 Å². The van der Waals surface area contributed by atoms with E-state index in [0.29, 0.717) is 6.54 Å². The molecular weight excluding hydrogens is 438 g/mol. The summed E-state index contributed by atoms with van der Waals surface area (Å²) in [5, 5.41) is 2.50. The Morgan fingerprint density at radius 1 is 1.25 bits per heavy atom. The summed E-state index contributed by atoms with van der Waals surface area (Å²) in [4.78, 5) is 37.4. The van der Waals surface area contributed by atoms with Gasteiger partial charge in [0, 0.05) is 19.1 Å². The number of hydrogen-bond donors (Lipinski definition) is 2. The van der Waals surface area contributed by atoms with Gasteiger partial charge in [0.05, 0.1) is 12.7 Å². The Morgan fingerprint density at radius 3 is 2.59 bits per heavy atom. The highest BCUT2D eigenvalue weighted by molar-refractivity contribution is 7.89. The maximum Gasteiger partial charge on any atom is 0.338 e. The van der Waals surface area contributed by atoms with Crippen molar-refractivity contribution in [1.82, 2.24) is 14.9 Å². The molecule has 0 radical (unpaired) electrons. The summed E-state index contributed by atoms with van der Waals surface area (Å²) in [5.74, 6) is -1.24. The number of nitrogens with one attached hydrogen (secondary N) is 2. The highest BCUT2D eigenvalue weighted by Crippen LogP contribution is 2.29. The number of imide groups is 1. The average molecular weight is 468 g/mol. The number of amides is 3. The van der Waals surface area contributed by atoms with Crippen LogP contribution in [-0.4, -0.2) is 63.6 Å². The standard InChI is InChI=1S/C21H29N3O7S/c1-13-6-4-5-7-16(13)23-32(28,29)18-12-15(8-9-17(18)30-3)20(26)31-14(2)19(25)24-11-10-22-21(24)27/h8-9,12-14,16,23H,4-7,10-11H2,1-3H3,(H,22,27)/t13-,14+,16+/m0/s1. The monoisotopic (exact) mass is 467 g/mol. The van der Waals surface area contributed by atoms with E-state index in [1.54, 1.807) is 0 Å².